The molecule has 0 radical (unpaired) electrons. The van der Waals surface area contributed by atoms with Crippen molar-refractivity contribution in [2.45, 2.75) is 4.83 Å². The molecule has 1 atom stereocenters. The zero-order chi connectivity index (χ0) is 13.6. The minimum atomic E-state index is -0.192. The minimum Gasteiger partial charge on any atom is -0.306 e. The van der Waals surface area contributed by atoms with Crippen molar-refractivity contribution in [1.29, 1.82) is 0 Å². The van der Waals surface area contributed by atoms with Gasteiger partial charge in [0.25, 0.3) is 0 Å². The molecule has 0 saturated carbocycles. The van der Waals surface area contributed by atoms with Crippen LogP contribution < -0.4 is 5.69 Å². The Hall–Kier alpha value is -0.370. The maximum absolute atomic E-state index is 11.3. The maximum atomic E-state index is 11.3. The van der Waals surface area contributed by atoms with Crippen LogP contribution in [0.3, 0.4) is 0 Å². The van der Waals surface area contributed by atoms with E-state index in [0.717, 1.165) is 25.5 Å². The molecule has 3 nitrogen and oxygen atoms in total. The molecule has 0 amide bonds. The molecule has 0 bridgehead atoms. The second-order valence-corrected chi connectivity index (χ2v) is 7.57. The van der Waals surface area contributed by atoms with Crippen LogP contribution in [0.15, 0.2) is 37.3 Å². The van der Waals surface area contributed by atoms with Gasteiger partial charge in [0.2, 0.25) is 0 Å². The minimum absolute atomic E-state index is 0.0686. The first-order valence-electron chi connectivity index (χ1n) is 5.34. The molecule has 0 aliphatic carbocycles. The van der Waals surface area contributed by atoms with E-state index in [1.807, 2.05) is 23.6 Å². The predicted molar refractivity (Wildman–Crippen MR) is 89.4 cm³/mol. The molecule has 2 aromatic heterocycles. The number of rotatable bonds is 2. The molecule has 3 rings (SSSR count). The zero-order valence-electron chi connectivity index (χ0n) is 9.34. The van der Waals surface area contributed by atoms with Gasteiger partial charge in [-0.1, -0.05) is 31.9 Å². The first-order valence-corrected chi connectivity index (χ1v) is 8.73. The van der Waals surface area contributed by atoms with Gasteiger partial charge in [0, 0.05) is 13.8 Å². The Morgan fingerprint density at radius 2 is 1.79 bits per heavy atom. The van der Waals surface area contributed by atoms with Gasteiger partial charge in [0.15, 0.2) is 0 Å². The van der Waals surface area contributed by atoms with Crippen molar-refractivity contribution >= 4 is 70.2 Å². The quantitative estimate of drug-likeness (QED) is 0.517. The van der Waals surface area contributed by atoms with E-state index in [1.165, 1.54) is 4.88 Å². The molecule has 19 heavy (non-hydrogen) atoms. The van der Waals surface area contributed by atoms with E-state index in [4.69, 9.17) is 0 Å². The smallest absolute Gasteiger partial charge is 0.306 e. The van der Waals surface area contributed by atoms with Crippen LogP contribution in [0, 0.1) is 0 Å². The molecule has 3 aromatic rings. The Kier molecular flexibility index (Phi) is 3.72. The van der Waals surface area contributed by atoms with Crippen molar-refractivity contribution in [3.05, 3.63) is 53.4 Å². The lowest BCUT2D eigenvalue weighted by atomic mass is 10.1. The van der Waals surface area contributed by atoms with Crippen LogP contribution >= 0.6 is 59.1 Å². The Morgan fingerprint density at radius 3 is 2.42 bits per heavy atom. The number of hydrogen-bond donors (Lipinski definition) is 2. The molecule has 0 aliphatic rings. The number of imidazole rings is 1. The number of thiophene rings is 1. The third kappa shape index (κ3) is 2.49. The molecule has 2 heterocycles. The lowest BCUT2D eigenvalue weighted by molar-refractivity contribution is 1.20. The number of fused-ring (bicyclic) bond motifs is 1. The molecule has 0 saturated heterocycles. The van der Waals surface area contributed by atoms with Gasteiger partial charge < -0.3 is 9.97 Å². The number of hydrogen-bond acceptors (Lipinski definition) is 2. The number of nitrogens with one attached hydrogen (secondary N) is 2. The van der Waals surface area contributed by atoms with Crippen LogP contribution in [0.1, 0.15) is 15.3 Å². The lowest BCUT2D eigenvalue weighted by Crippen LogP contribution is -1.99. The summed E-state index contributed by atoms with van der Waals surface area (Å²) in [6.07, 6.45) is 0. The summed E-state index contributed by atoms with van der Waals surface area (Å²) in [6, 6.07) is 5.92. The molecule has 0 fully saturated rings. The normalized spacial score (nSPS) is 13.0. The van der Waals surface area contributed by atoms with Crippen molar-refractivity contribution < 1.29 is 0 Å². The van der Waals surface area contributed by atoms with Crippen LogP contribution in [0.2, 0.25) is 0 Å². The van der Waals surface area contributed by atoms with E-state index in [2.05, 4.69) is 57.8 Å². The van der Waals surface area contributed by atoms with Crippen LogP contribution in [-0.2, 0) is 0 Å². The summed E-state index contributed by atoms with van der Waals surface area (Å²) in [5.74, 6) is 0. The first kappa shape index (κ1) is 13.6. The summed E-state index contributed by atoms with van der Waals surface area (Å²) in [4.78, 5) is 18.1. The number of aromatic amines is 2. The number of halogens is 3. The number of H-pyrrole nitrogens is 2. The molecular weight excluding hydrogens is 460 g/mol. The van der Waals surface area contributed by atoms with Gasteiger partial charge in [-0.15, -0.1) is 11.3 Å². The van der Waals surface area contributed by atoms with Gasteiger partial charge in [-0.2, -0.15) is 0 Å². The lowest BCUT2D eigenvalue weighted by Gasteiger charge is -2.11. The van der Waals surface area contributed by atoms with Gasteiger partial charge in [-0.25, -0.2) is 4.79 Å². The van der Waals surface area contributed by atoms with Crippen LogP contribution in [0.5, 0.6) is 0 Å². The fourth-order valence-electron chi connectivity index (χ4n) is 1.89. The Balaban J connectivity index is 2.16. The van der Waals surface area contributed by atoms with E-state index in [0.29, 0.717) is 0 Å². The Morgan fingerprint density at radius 1 is 1.11 bits per heavy atom. The predicted octanol–water partition coefficient (Wildman–Crippen LogP) is 4.93. The van der Waals surface area contributed by atoms with Gasteiger partial charge in [-0.05, 0) is 45.1 Å². The average Bonchev–Trinajstić information content (AvgIpc) is 2.92. The van der Waals surface area contributed by atoms with Gasteiger partial charge in [0.1, 0.15) is 0 Å². The average molecular weight is 467 g/mol. The molecule has 1 aromatic carbocycles. The standard InChI is InChI=1S/C12H7Br3N2OS/c13-6-1-2-19-11(6)10(15)5-3-8-9(4-7(5)14)17-12(18)16-8/h1-4,10H,(H2,16,17,18). The Bertz CT molecular complexity index is 805. The van der Waals surface area contributed by atoms with E-state index in [-0.39, 0.29) is 10.5 Å². The van der Waals surface area contributed by atoms with Gasteiger partial charge >= 0.3 is 5.69 Å². The maximum Gasteiger partial charge on any atom is 0.323 e. The highest BCUT2D eigenvalue weighted by Gasteiger charge is 2.18. The largest absolute Gasteiger partial charge is 0.323 e. The van der Waals surface area contributed by atoms with Gasteiger partial charge in [0.05, 0.1) is 15.9 Å². The third-order valence-electron chi connectivity index (χ3n) is 2.78. The fourth-order valence-corrected chi connectivity index (χ4v) is 5.62. The number of benzene rings is 1. The van der Waals surface area contributed by atoms with Crippen molar-refractivity contribution in [2.24, 2.45) is 0 Å². The summed E-state index contributed by atoms with van der Waals surface area (Å²) in [5, 5.41) is 2.04. The van der Waals surface area contributed by atoms with Crippen molar-refractivity contribution in [3.63, 3.8) is 0 Å². The second-order valence-electron chi connectivity index (χ2n) is 3.99. The molecule has 1 unspecified atom stereocenters. The summed E-state index contributed by atoms with van der Waals surface area (Å²) < 4.78 is 2.03. The molecule has 2 N–H and O–H groups in total. The summed E-state index contributed by atoms with van der Waals surface area (Å²) in [7, 11) is 0. The topological polar surface area (TPSA) is 48.6 Å². The zero-order valence-corrected chi connectivity index (χ0v) is 14.9. The summed E-state index contributed by atoms with van der Waals surface area (Å²) >= 11 is 12.5. The molecular formula is C12H7Br3N2OS. The van der Waals surface area contributed by atoms with Crippen molar-refractivity contribution in [2.75, 3.05) is 0 Å². The monoisotopic (exact) mass is 464 g/mol. The SMILES string of the molecule is O=c1[nH]c2cc(Br)c(C(Br)c3sccc3Br)cc2[nH]1. The fraction of sp³-hybridized carbons (Fsp3) is 0.0833. The third-order valence-corrected chi connectivity index (χ3v) is 6.66. The van der Waals surface area contributed by atoms with Crippen LogP contribution in [0.4, 0.5) is 0 Å². The second kappa shape index (κ2) is 5.20. The van der Waals surface area contributed by atoms with Crippen LogP contribution in [-0.4, -0.2) is 9.97 Å². The van der Waals surface area contributed by atoms with E-state index >= 15 is 0 Å². The van der Waals surface area contributed by atoms with E-state index in [9.17, 15) is 4.79 Å². The highest BCUT2D eigenvalue weighted by molar-refractivity contribution is 9.11. The van der Waals surface area contributed by atoms with Gasteiger partial charge in [-0.3, -0.25) is 0 Å². The number of aromatic nitrogens is 2. The summed E-state index contributed by atoms with van der Waals surface area (Å²) in [6.45, 7) is 0. The van der Waals surface area contributed by atoms with Crippen LogP contribution in [0.25, 0.3) is 11.0 Å². The molecule has 7 heteroatoms. The first-order chi connectivity index (χ1) is 9.06. The molecule has 98 valence electrons. The van der Waals surface area contributed by atoms with E-state index in [1.54, 1.807) is 11.3 Å². The molecule has 0 spiro atoms. The van der Waals surface area contributed by atoms with Crippen molar-refractivity contribution in [3.8, 4) is 0 Å². The van der Waals surface area contributed by atoms with E-state index < -0.39 is 0 Å². The highest BCUT2D eigenvalue weighted by Crippen LogP contribution is 2.42. The highest BCUT2D eigenvalue weighted by atomic mass is 79.9. The molecule has 0 aliphatic heterocycles. The Labute approximate surface area is 137 Å². The number of alkyl halides is 1. The van der Waals surface area contributed by atoms with Crippen molar-refractivity contribution in [1.82, 2.24) is 9.97 Å². The summed E-state index contributed by atoms with van der Waals surface area (Å²) in [5.41, 5.74) is 2.49.